The van der Waals surface area contributed by atoms with Crippen molar-refractivity contribution in [2.75, 3.05) is 6.61 Å². The molecule has 1 aliphatic rings. The van der Waals surface area contributed by atoms with Crippen LogP contribution in [0.2, 0.25) is 0 Å². The lowest BCUT2D eigenvalue weighted by atomic mass is 9.91. The van der Waals surface area contributed by atoms with E-state index in [1.54, 1.807) is 19.2 Å². The number of hydrogen-bond acceptors (Lipinski definition) is 4. The predicted molar refractivity (Wildman–Crippen MR) is 114 cm³/mol. The monoisotopic (exact) mass is 422 g/mol. The minimum atomic E-state index is -0.949. The molecular formula is C23H23FN4O3. The van der Waals surface area contributed by atoms with Crippen molar-refractivity contribution in [3.8, 4) is 5.69 Å². The van der Waals surface area contributed by atoms with E-state index in [9.17, 15) is 14.3 Å². The van der Waals surface area contributed by atoms with Gasteiger partial charge in [0.1, 0.15) is 5.82 Å². The number of hydrogen-bond donors (Lipinski definition) is 2. The number of aliphatic carboxylic acids is 1. The molecule has 0 amide bonds. The molecule has 4 heterocycles. The molecule has 5 rings (SSSR count). The molecule has 0 saturated carbocycles. The van der Waals surface area contributed by atoms with E-state index in [0.717, 1.165) is 33.4 Å². The summed E-state index contributed by atoms with van der Waals surface area (Å²) in [6.07, 6.45) is 1.29. The van der Waals surface area contributed by atoms with Crippen LogP contribution in [-0.2, 0) is 9.53 Å². The summed E-state index contributed by atoms with van der Waals surface area (Å²) < 4.78 is 21.7. The second kappa shape index (κ2) is 7.16. The summed E-state index contributed by atoms with van der Waals surface area (Å²) in [6.45, 7) is 6.27. The number of halogens is 1. The fraction of sp³-hybridized carbons (Fsp3) is 0.348. The molecule has 1 aliphatic heterocycles. The van der Waals surface area contributed by atoms with Crippen molar-refractivity contribution in [3.63, 3.8) is 0 Å². The van der Waals surface area contributed by atoms with Gasteiger partial charge in [0.25, 0.3) is 0 Å². The second-order valence-electron chi connectivity index (χ2n) is 8.48. The molecule has 1 aromatic carbocycles. The number of aromatic nitrogens is 4. The van der Waals surface area contributed by atoms with Crippen molar-refractivity contribution >= 4 is 28.0 Å². The second-order valence-corrected chi connectivity index (χ2v) is 8.48. The number of carbonyl (C=O) groups is 1. The maximum Gasteiger partial charge on any atom is 0.332 e. The van der Waals surface area contributed by atoms with Crippen molar-refractivity contribution in [1.82, 2.24) is 19.7 Å². The van der Waals surface area contributed by atoms with Crippen molar-refractivity contribution in [3.05, 3.63) is 53.1 Å². The first-order chi connectivity index (χ1) is 14.8. The van der Waals surface area contributed by atoms with E-state index >= 15 is 0 Å². The highest BCUT2D eigenvalue weighted by molar-refractivity contribution is 5.93. The maximum atomic E-state index is 14.0. The number of benzene rings is 1. The van der Waals surface area contributed by atoms with E-state index in [-0.39, 0.29) is 17.7 Å². The Balaban J connectivity index is 1.83. The van der Waals surface area contributed by atoms with Gasteiger partial charge >= 0.3 is 5.97 Å². The zero-order valence-corrected chi connectivity index (χ0v) is 17.5. The third-order valence-corrected chi connectivity index (χ3v) is 6.05. The highest BCUT2D eigenvalue weighted by atomic mass is 19.1. The number of aryl methyl sites for hydroxylation is 1. The molecule has 0 radical (unpaired) electrons. The maximum absolute atomic E-state index is 14.0. The zero-order valence-electron chi connectivity index (χ0n) is 17.5. The molecular weight excluding hydrogens is 399 g/mol. The predicted octanol–water partition coefficient (Wildman–Crippen LogP) is 4.43. The van der Waals surface area contributed by atoms with Gasteiger partial charge in [-0.1, -0.05) is 13.8 Å². The third-order valence-electron chi connectivity index (χ3n) is 6.05. The lowest BCUT2D eigenvalue weighted by molar-refractivity contribution is -0.147. The Morgan fingerprint density at radius 1 is 1.35 bits per heavy atom. The smallest absolute Gasteiger partial charge is 0.332 e. The van der Waals surface area contributed by atoms with Crippen LogP contribution in [0.25, 0.3) is 27.8 Å². The summed E-state index contributed by atoms with van der Waals surface area (Å²) in [5.41, 5.74) is 5.78. The minimum absolute atomic E-state index is 0.100. The van der Waals surface area contributed by atoms with Gasteiger partial charge in [-0.15, -0.1) is 0 Å². The van der Waals surface area contributed by atoms with Crippen molar-refractivity contribution < 1.29 is 19.0 Å². The van der Waals surface area contributed by atoms with Crippen LogP contribution >= 0.6 is 0 Å². The first-order valence-corrected chi connectivity index (χ1v) is 10.3. The van der Waals surface area contributed by atoms with Gasteiger partial charge < -0.3 is 14.4 Å². The summed E-state index contributed by atoms with van der Waals surface area (Å²) in [5.74, 6) is -1.18. The first kappa shape index (κ1) is 19.7. The summed E-state index contributed by atoms with van der Waals surface area (Å²) in [4.78, 5) is 16.4. The van der Waals surface area contributed by atoms with Crippen LogP contribution in [0.4, 0.5) is 4.39 Å². The number of fused-ring (bicyclic) bond motifs is 2. The Morgan fingerprint density at radius 3 is 2.84 bits per heavy atom. The molecule has 8 heteroatoms. The zero-order chi connectivity index (χ0) is 21.9. The Bertz CT molecular complexity index is 1320. The normalized spacial score (nSPS) is 19.1. The van der Waals surface area contributed by atoms with Gasteiger partial charge in [-0.25, -0.2) is 14.2 Å². The van der Waals surface area contributed by atoms with Crippen LogP contribution in [0, 0.1) is 12.7 Å². The van der Waals surface area contributed by atoms with Crippen LogP contribution in [0.1, 0.15) is 48.9 Å². The molecule has 0 bridgehead atoms. The Labute approximate surface area is 177 Å². The number of H-pyrrole nitrogens is 1. The van der Waals surface area contributed by atoms with Crippen LogP contribution in [0.5, 0.6) is 0 Å². The van der Waals surface area contributed by atoms with Gasteiger partial charge in [0.05, 0.1) is 23.8 Å². The number of carboxylic acids is 1. The summed E-state index contributed by atoms with van der Waals surface area (Å²) in [7, 11) is 0. The summed E-state index contributed by atoms with van der Waals surface area (Å²) in [6, 6.07) is 7.10. The van der Waals surface area contributed by atoms with E-state index in [0.29, 0.717) is 24.2 Å². The van der Waals surface area contributed by atoms with Crippen LogP contribution in [0.15, 0.2) is 30.5 Å². The van der Waals surface area contributed by atoms with Crippen molar-refractivity contribution in [2.24, 2.45) is 0 Å². The van der Waals surface area contributed by atoms with Crippen LogP contribution in [0.3, 0.4) is 0 Å². The molecule has 7 nitrogen and oxygen atoms in total. The highest BCUT2D eigenvalue weighted by Crippen LogP contribution is 2.42. The third kappa shape index (κ3) is 3.09. The van der Waals surface area contributed by atoms with E-state index in [2.05, 4.69) is 28.6 Å². The standard InChI is InChI=1S/C23H23FN4O3/c1-11(2)21-19(14-8-18(23(29)30)31-10-14)20-17(7-13-9-25-27-22(13)26-20)28(21)15-4-5-16(24)12(3)6-15/h4-7,9,11,14,18H,8,10H2,1-3H3,(H,29,30)(H,25,26,27)/t14?,18-/m0/s1. The lowest BCUT2D eigenvalue weighted by Gasteiger charge is -2.18. The van der Waals surface area contributed by atoms with Gasteiger partial charge in [0.2, 0.25) is 0 Å². The number of rotatable bonds is 4. The molecule has 0 spiro atoms. The average molecular weight is 422 g/mol. The van der Waals surface area contributed by atoms with Crippen molar-refractivity contribution in [1.29, 1.82) is 0 Å². The van der Waals surface area contributed by atoms with Crippen LogP contribution < -0.4 is 0 Å². The average Bonchev–Trinajstić information content (AvgIpc) is 3.44. The molecule has 0 aliphatic carbocycles. The van der Waals surface area contributed by atoms with Crippen molar-refractivity contribution in [2.45, 2.75) is 45.1 Å². The first-order valence-electron chi connectivity index (χ1n) is 10.3. The lowest BCUT2D eigenvalue weighted by Crippen LogP contribution is -2.18. The molecule has 160 valence electrons. The number of ether oxygens (including phenoxy) is 1. The van der Waals surface area contributed by atoms with E-state index in [1.165, 1.54) is 6.07 Å². The molecule has 1 unspecified atom stereocenters. The summed E-state index contributed by atoms with van der Waals surface area (Å²) in [5, 5.41) is 17.3. The Hall–Kier alpha value is -3.26. The Kier molecular flexibility index (Phi) is 4.55. The number of aromatic amines is 1. The fourth-order valence-electron chi connectivity index (χ4n) is 4.63. The molecule has 4 aromatic rings. The fourth-order valence-corrected chi connectivity index (χ4v) is 4.63. The SMILES string of the molecule is Cc1cc(-n2c(C(C)C)c(C3CO[C@H](C(=O)O)C3)c3nc4[nH]ncc4cc32)ccc1F. The number of carboxylic acid groups (broad SMARTS) is 1. The summed E-state index contributed by atoms with van der Waals surface area (Å²) >= 11 is 0. The molecule has 3 aromatic heterocycles. The topological polar surface area (TPSA) is 93.0 Å². The van der Waals surface area contributed by atoms with Gasteiger partial charge in [-0.05, 0) is 49.1 Å². The number of pyridine rings is 1. The van der Waals surface area contributed by atoms with Crippen LogP contribution in [-0.4, -0.2) is 43.5 Å². The highest BCUT2D eigenvalue weighted by Gasteiger charge is 2.36. The van der Waals surface area contributed by atoms with Gasteiger partial charge in [-0.2, -0.15) is 5.10 Å². The van der Waals surface area contributed by atoms with Gasteiger partial charge in [-0.3, -0.25) is 5.10 Å². The van der Waals surface area contributed by atoms with E-state index < -0.39 is 12.1 Å². The van der Waals surface area contributed by atoms with Gasteiger partial charge in [0, 0.05) is 28.2 Å². The molecule has 1 fully saturated rings. The number of nitrogens with zero attached hydrogens (tertiary/aromatic N) is 3. The Morgan fingerprint density at radius 2 is 2.16 bits per heavy atom. The molecule has 31 heavy (non-hydrogen) atoms. The number of nitrogens with one attached hydrogen (secondary N) is 1. The molecule has 2 N–H and O–H groups in total. The minimum Gasteiger partial charge on any atom is -0.479 e. The van der Waals surface area contributed by atoms with Gasteiger partial charge in [0.15, 0.2) is 11.8 Å². The molecule has 1 saturated heterocycles. The van der Waals surface area contributed by atoms with E-state index in [4.69, 9.17) is 9.72 Å². The molecule has 2 atom stereocenters. The quantitative estimate of drug-likeness (QED) is 0.508. The van der Waals surface area contributed by atoms with E-state index in [1.807, 2.05) is 12.1 Å². The largest absolute Gasteiger partial charge is 0.479 e.